The maximum Gasteiger partial charge on any atom is 0.111 e. The summed E-state index contributed by atoms with van der Waals surface area (Å²) in [5, 5.41) is 0. The number of hydrogen-bond acceptors (Lipinski definition) is 2. The lowest BCUT2D eigenvalue weighted by atomic mass is 9.68. The predicted octanol–water partition coefficient (Wildman–Crippen LogP) is 6.33. The predicted molar refractivity (Wildman–Crippen MR) is 127 cm³/mol. The number of aromatic nitrogens is 2. The fraction of sp³-hybridized carbons (Fsp3) is 0.519. The van der Waals surface area contributed by atoms with Crippen molar-refractivity contribution in [3.63, 3.8) is 0 Å². The molecule has 0 bridgehead atoms. The first-order valence-corrected chi connectivity index (χ1v) is 11.8. The second kappa shape index (κ2) is 9.34. The molecule has 3 heteroatoms. The Morgan fingerprint density at radius 3 is 2.70 bits per heavy atom. The third-order valence-corrected chi connectivity index (χ3v) is 7.30. The molecule has 3 nitrogen and oxygen atoms in total. The average molecular weight is 404 g/mol. The minimum atomic E-state index is 0.229. The lowest BCUT2D eigenvalue weighted by Crippen LogP contribution is -2.47. The second-order valence-corrected chi connectivity index (χ2v) is 9.51. The smallest absolute Gasteiger partial charge is 0.111 e. The molecule has 1 N–H and O–H groups in total. The lowest BCUT2D eigenvalue weighted by molar-refractivity contribution is 0.109. The summed E-state index contributed by atoms with van der Waals surface area (Å²) in [6.45, 7) is 10.9. The van der Waals surface area contributed by atoms with Crippen molar-refractivity contribution in [3.8, 4) is 0 Å². The van der Waals surface area contributed by atoms with Crippen molar-refractivity contribution in [3.05, 3.63) is 65.5 Å². The molecule has 30 heavy (non-hydrogen) atoms. The molecule has 2 unspecified atom stereocenters. The third-order valence-electron chi connectivity index (χ3n) is 7.30. The number of imidazole rings is 1. The molecule has 0 saturated carbocycles. The van der Waals surface area contributed by atoms with Crippen LogP contribution in [0.25, 0.3) is 11.0 Å². The summed E-state index contributed by atoms with van der Waals surface area (Å²) in [6.07, 6.45) is 7.50. The molecule has 160 valence electrons. The molecule has 1 aliphatic heterocycles. The van der Waals surface area contributed by atoms with Crippen LogP contribution in [0.15, 0.2) is 48.5 Å². The molecule has 0 aliphatic carbocycles. The number of benzene rings is 2. The molecule has 2 atom stereocenters. The Bertz CT molecular complexity index is 945. The van der Waals surface area contributed by atoms with E-state index < -0.39 is 0 Å². The molecular formula is C27H37N3. The quantitative estimate of drug-likeness (QED) is 0.445. The first-order chi connectivity index (χ1) is 14.6. The lowest BCUT2D eigenvalue weighted by Gasteiger charge is -2.45. The van der Waals surface area contributed by atoms with E-state index in [-0.39, 0.29) is 5.41 Å². The van der Waals surface area contributed by atoms with Crippen molar-refractivity contribution in [2.75, 3.05) is 19.6 Å². The van der Waals surface area contributed by atoms with Gasteiger partial charge in [-0.25, -0.2) is 4.98 Å². The molecule has 0 spiro atoms. The van der Waals surface area contributed by atoms with Crippen molar-refractivity contribution in [2.24, 2.45) is 5.92 Å². The number of unbranched alkanes of at least 4 members (excludes halogenated alkanes) is 3. The number of hydrogen-bond donors (Lipinski definition) is 1. The van der Waals surface area contributed by atoms with Crippen LogP contribution in [0.1, 0.15) is 69.8 Å². The van der Waals surface area contributed by atoms with Crippen LogP contribution >= 0.6 is 0 Å². The summed E-state index contributed by atoms with van der Waals surface area (Å²) < 4.78 is 0. The molecule has 4 rings (SSSR count). The molecule has 0 amide bonds. The van der Waals surface area contributed by atoms with Gasteiger partial charge in [-0.1, -0.05) is 76.4 Å². The van der Waals surface area contributed by atoms with Gasteiger partial charge in [-0.2, -0.15) is 0 Å². The fourth-order valence-corrected chi connectivity index (χ4v) is 5.00. The van der Waals surface area contributed by atoms with Crippen LogP contribution in [0.2, 0.25) is 0 Å². The number of aromatic amines is 1. The molecule has 1 aromatic heterocycles. The van der Waals surface area contributed by atoms with E-state index >= 15 is 0 Å². The molecule has 3 aromatic rings. The Morgan fingerprint density at radius 1 is 1.10 bits per heavy atom. The summed E-state index contributed by atoms with van der Waals surface area (Å²) in [5.74, 6) is 1.70. The number of fused-ring (bicyclic) bond motifs is 1. The van der Waals surface area contributed by atoms with Gasteiger partial charge in [0, 0.05) is 13.0 Å². The number of rotatable bonds is 8. The van der Waals surface area contributed by atoms with Crippen molar-refractivity contribution in [2.45, 2.75) is 64.7 Å². The van der Waals surface area contributed by atoms with Crippen molar-refractivity contribution in [1.82, 2.24) is 14.9 Å². The van der Waals surface area contributed by atoms with Crippen molar-refractivity contribution in [1.29, 1.82) is 0 Å². The highest BCUT2D eigenvalue weighted by Gasteiger charge is 2.38. The highest BCUT2D eigenvalue weighted by atomic mass is 15.1. The topological polar surface area (TPSA) is 31.9 Å². The minimum Gasteiger partial charge on any atom is -0.342 e. The zero-order valence-electron chi connectivity index (χ0n) is 19.0. The molecule has 1 fully saturated rings. The fourth-order valence-electron chi connectivity index (χ4n) is 5.00. The van der Waals surface area contributed by atoms with Crippen molar-refractivity contribution >= 4 is 11.0 Å². The molecule has 1 aliphatic rings. The Hall–Kier alpha value is -2.13. The van der Waals surface area contributed by atoms with Crippen LogP contribution in [0, 0.1) is 5.92 Å². The maximum absolute atomic E-state index is 4.93. The largest absolute Gasteiger partial charge is 0.342 e. The van der Waals surface area contributed by atoms with E-state index in [0.717, 1.165) is 23.3 Å². The van der Waals surface area contributed by atoms with E-state index in [1.807, 2.05) is 0 Å². The number of piperidine rings is 1. The maximum atomic E-state index is 4.93. The highest BCUT2D eigenvalue weighted by Crippen LogP contribution is 2.40. The van der Waals surface area contributed by atoms with Crippen LogP contribution in [0.4, 0.5) is 0 Å². The van der Waals surface area contributed by atoms with Gasteiger partial charge in [0.25, 0.3) is 0 Å². The Balaban J connectivity index is 1.46. The van der Waals surface area contributed by atoms with Gasteiger partial charge in [-0.05, 0) is 60.5 Å². The number of likely N-dealkylation sites (tertiary alicyclic amines) is 1. The van der Waals surface area contributed by atoms with Gasteiger partial charge in [0.15, 0.2) is 0 Å². The van der Waals surface area contributed by atoms with Crippen LogP contribution in [0.5, 0.6) is 0 Å². The highest BCUT2D eigenvalue weighted by molar-refractivity contribution is 5.76. The van der Waals surface area contributed by atoms with Gasteiger partial charge in [-0.15, -0.1) is 0 Å². The zero-order chi connectivity index (χ0) is 21.0. The van der Waals surface area contributed by atoms with Crippen LogP contribution < -0.4 is 0 Å². The summed E-state index contributed by atoms with van der Waals surface area (Å²) in [5.41, 5.74) is 5.23. The first kappa shape index (κ1) is 21.1. The molecule has 2 heterocycles. The normalized spacial score (nSPS) is 22.6. The van der Waals surface area contributed by atoms with Gasteiger partial charge >= 0.3 is 0 Å². The minimum absolute atomic E-state index is 0.229. The van der Waals surface area contributed by atoms with E-state index in [0.29, 0.717) is 5.92 Å². The zero-order valence-corrected chi connectivity index (χ0v) is 19.0. The van der Waals surface area contributed by atoms with E-state index in [1.54, 1.807) is 0 Å². The van der Waals surface area contributed by atoms with E-state index in [9.17, 15) is 0 Å². The third kappa shape index (κ3) is 4.62. The summed E-state index contributed by atoms with van der Waals surface area (Å²) in [7, 11) is 0. The molecule has 0 radical (unpaired) electrons. The van der Waals surface area contributed by atoms with E-state index in [4.69, 9.17) is 4.98 Å². The Kier molecular flexibility index (Phi) is 6.58. The van der Waals surface area contributed by atoms with Crippen LogP contribution in [-0.2, 0) is 11.8 Å². The van der Waals surface area contributed by atoms with Gasteiger partial charge < -0.3 is 9.88 Å². The Labute approximate surface area is 181 Å². The summed E-state index contributed by atoms with van der Waals surface area (Å²) in [4.78, 5) is 11.1. The van der Waals surface area contributed by atoms with E-state index in [1.165, 1.54) is 62.9 Å². The van der Waals surface area contributed by atoms with Crippen LogP contribution in [0.3, 0.4) is 0 Å². The monoisotopic (exact) mass is 403 g/mol. The van der Waals surface area contributed by atoms with Gasteiger partial charge in [-0.3, -0.25) is 0 Å². The molecule has 2 aromatic carbocycles. The van der Waals surface area contributed by atoms with Crippen molar-refractivity contribution < 1.29 is 0 Å². The van der Waals surface area contributed by atoms with Crippen LogP contribution in [-0.4, -0.2) is 34.5 Å². The first-order valence-electron chi connectivity index (χ1n) is 11.8. The summed E-state index contributed by atoms with van der Waals surface area (Å²) in [6, 6.07) is 17.5. The van der Waals surface area contributed by atoms with E-state index in [2.05, 4.69) is 79.2 Å². The van der Waals surface area contributed by atoms with Gasteiger partial charge in [0.1, 0.15) is 5.82 Å². The average Bonchev–Trinajstić information content (AvgIpc) is 3.16. The number of nitrogens with zero attached hydrogens (tertiary/aromatic N) is 2. The molecule has 1 saturated heterocycles. The molecular weight excluding hydrogens is 366 g/mol. The van der Waals surface area contributed by atoms with Gasteiger partial charge in [0.05, 0.1) is 11.0 Å². The number of nitrogens with one attached hydrogen (secondary N) is 1. The SMILES string of the molecule is CCCCCCN1CCC(C)(c2ccc3[nH]c(Cc4ccccc4)nc3c2)C(C)C1. The standard InChI is InChI=1S/C27H37N3/c1-4-5-6-10-16-30-17-15-27(3,21(2)20-30)23-13-14-24-25(19-23)29-26(28-24)18-22-11-8-7-9-12-22/h7-9,11-14,19,21H,4-6,10,15-18,20H2,1-3H3,(H,28,29). The Morgan fingerprint density at radius 2 is 1.93 bits per heavy atom. The van der Waals surface area contributed by atoms with Gasteiger partial charge in [0.2, 0.25) is 0 Å². The number of H-pyrrole nitrogens is 1. The second-order valence-electron chi connectivity index (χ2n) is 9.51. The summed E-state index contributed by atoms with van der Waals surface area (Å²) >= 11 is 0.